The van der Waals surface area contributed by atoms with Crippen molar-refractivity contribution in [3.05, 3.63) is 17.0 Å². The van der Waals surface area contributed by atoms with E-state index in [1.165, 1.54) is 0 Å². The average molecular weight is 309 g/mol. The first-order valence-corrected chi connectivity index (χ1v) is 8.08. The second-order valence-corrected chi connectivity index (χ2v) is 6.72. The van der Waals surface area contributed by atoms with Crippen LogP contribution in [0.25, 0.3) is 0 Å². The molecule has 0 aromatic carbocycles. The number of nitrogens with zero attached hydrogens (tertiary/aromatic N) is 2. The first kappa shape index (κ1) is 15.5. The van der Waals surface area contributed by atoms with Crippen molar-refractivity contribution in [1.82, 2.24) is 15.4 Å². The number of nitrogens with one attached hydrogen (secondary N) is 1. The summed E-state index contributed by atoms with van der Waals surface area (Å²) in [5, 5.41) is 6.73. The van der Waals surface area contributed by atoms with Gasteiger partial charge in [-0.2, -0.15) is 0 Å². The molecule has 6 heteroatoms. The zero-order valence-electron chi connectivity index (χ0n) is 13.3. The smallest absolute Gasteiger partial charge is 0.223 e. The van der Waals surface area contributed by atoms with Gasteiger partial charge in [0.05, 0.1) is 12.2 Å². The molecule has 0 radical (unpaired) electrons. The van der Waals surface area contributed by atoms with Crippen LogP contribution in [0.1, 0.15) is 42.7 Å². The number of amides is 1. The van der Waals surface area contributed by atoms with Crippen molar-refractivity contribution in [2.45, 2.75) is 51.7 Å². The Morgan fingerprint density at radius 3 is 2.64 bits per heavy atom. The van der Waals surface area contributed by atoms with Crippen LogP contribution in [0.5, 0.6) is 0 Å². The predicted octanol–water partition coefficient (Wildman–Crippen LogP) is 2.12. The third-order valence-corrected chi connectivity index (χ3v) is 4.84. The molecule has 1 aliphatic heterocycles. The lowest BCUT2D eigenvalue weighted by atomic mass is 9.92. The molecule has 1 aromatic heterocycles. The number of hydrogen-bond acceptors (Lipinski definition) is 4. The summed E-state index contributed by atoms with van der Waals surface area (Å²) in [7, 11) is 0. The number of likely N-dealkylation sites (tertiary alicyclic amines) is 1. The second kappa shape index (κ2) is 5.99. The fourth-order valence-corrected chi connectivity index (χ4v) is 2.98. The number of aryl methyl sites for hydroxylation is 2. The van der Waals surface area contributed by atoms with Gasteiger partial charge in [-0.05, 0) is 39.5 Å². The molecular weight excluding hydrogens is 285 g/mol. The number of carbonyl (C=O) groups excluding carboxylic acids is 1. The molecule has 0 bridgehead atoms. The van der Waals surface area contributed by atoms with E-state index in [4.69, 9.17) is 4.52 Å². The molecule has 122 valence electrons. The highest BCUT2D eigenvalue weighted by molar-refractivity contribution is 5.80. The monoisotopic (exact) mass is 309 g/mol. The molecule has 2 aliphatic rings. The highest BCUT2D eigenvalue weighted by atomic mass is 19.1. The van der Waals surface area contributed by atoms with Gasteiger partial charge in [0.25, 0.3) is 0 Å². The topological polar surface area (TPSA) is 58.4 Å². The normalized spacial score (nSPS) is 21.8. The molecule has 1 aromatic rings. The summed E-state index contributed by atoms with van der Waals surface area (Å²) in [5.74, 6) is 1.00. The molecule has 3 rings (SSSR count). The number of aromatic nitrogens is 1. The van der Waals surface area contributed by atoms with Crippen LogP contribution in [0.15, 0.2) is 4.52 Å². The number of hydrogen-bond donors (Lipinski definition) is 1. The van der Waals surface area contributed by atoms with Crippen molar-refractivity contribution in [2.24, 2.45) is 5.92 Å². The molecule has 0 spiro atoms. The summed E-state index contributed by atoms with van der Waals surface area (Å²) < 4.78 is 19.9. The van der Waals surface area contributed by atoms with Crippen LogP contribution in [-0.2, 0) is 11.3 Å². The molecule has 1 saturated carbocycles. The third kappa shape index (κ3) is 3.48. The van der Waals surface area contributed by atoms with E-state index in [0.717, 1.165) is 36.4 Å². The summed E-state index contributed by atoms with van der Waals surface area (Å²) in [6.07, 6.45) is 2.83. The van der Waals surface area contributed by atoms with Crippen LogP contribution < -0.4 is 5.32 Å². The van der Waals surface area contributed by atoms with E-state index in [1.54, 1.807) is 0 Å². The van der Waals surface area contributed by atoms with Crippen molar-refractivity contribution in [1.29, 1.82) is 0 Å². The quantitative estimate of drug-likeness (QED) is 0.905. The third-order valence-electron chi connectivity index (χ3n) is 4.84. The van der Waals surface area contributed by atoms with Crippen LogP contribution in [0.2, 0.25) is 0 Å². The van der Waals surface area contributed by atoms with Gasteiger partial charge in [-0.15, -0.1) is 0 Å². The van der Waals surface area contributed by atoms with Crippen molar-refractivity contribution in [2.75, 3.05) is 19.6 Å². The Balaban J connectivity index is 1.48. The van der Waals surface area contributed by atoms with E-state index in [-0.39, 0.29) is 18.4 Å². The largest absolute Gasteiger partial charge is 0.361 e. The molecule has 2 fully saturated rings. The number of rotatable bonds is 5. The Kier molecular flexibility index (Phi) is 4.21. The lowest BCUT2D eigenvalue weighted by Gasteiger charge is -2.36. The molecular formula is C16H24FN3O2. The number of halogens is 1. The van der Waals surface area contributed by atoms with Crippen molar-refractivity contribution in [3.63, 3.8) is 0 Å². The van der Waals surface area contributed by atoms with Gasteiger partial charge in [0.2, 0.25) is 5.91 Å². The highest BCUT2D eigenvalue weighted by Crippen LogP contribution is 2.30. The first-order valence-electron chi connectivity index (χ1n) is 8.08. The molecule has 5 nitrogen and oxygen atoms in total. The van der Waals surface area contributed by atoms with Gasteiger partial charge in [0.1, 0.15) is 11.4 Å². The van der Waals surface area contributed by atoms with E-state index >= 15 is 0 Å². The van der Waals surface area contributed by atoms with E-state index in [9.17, 15) is 9.18 Å². The number of carbonyl (C=O) groups is 1. The Morgan fingerprint density at radius 2 is 2.09 bits per heavy atom. The summed E-state index contributed by atoms with van der Waals surface area (Å²) in [5.41, 5.74) is 0.749. The van der Waals surface area contributed by atoms with E-state index in [1.807, 2.05) is 13.8 Å². The zero-order chi connectivity index (χ0) is 15.7. The maximum atomic E-state index is 14.8. The van der Waals surface area contributed by atoms with Gasteiger partial charge in [-0.25, -0.2) is 4.39 Å². The van der Waals surface area contributed by atoms with Crippen LogP contribution in [-0.4, -0.2) is 41.3 Å². The van der Waals surface area contributed by atoms with Gasteiger partial charge in [0.15, 0.2) is 0 Å². The average Bonchev–Trinajstić information content (AvgIpc) is 3.30. The lowest BCUT2D eigenvalue weighted by Crippen LogP contribution is -2.48. The molecule has 0 unspecified atom stereocenters. The van der Waals surface area contributed by atoms with Crippen molar-refractivity contribution < 1.29 is 13.7 Å². The SMILES string of the molecule is Cc1noc(C)c1CN1CCC(F)(CNC(=O)C2CC2)CC1. The molecule has 1 N–H and O–H groups in total. The van der Waals surface area contributed by atoms with Gasteiger partial charge in [0, 0.05) is 31.1 Å². The summed E-state index contributed by atoms with van der Waals surface area (Å²) in [6.45, 7) is 6.14. The van der Waals surface area contributed by atoms with Gasteiger partial charge in [-0.3, -0.25) is 9.69 Å². The Hall–Kier alpha value is -1.43. The lowest BCUT2D eigenvalue weighted by molar-refractivity contribution is -0.123. The summed E-state index contributed by atoms with van der Waals surface area (Å²) >= 11 is 0. The Morgan fingerprint density at radius 1 is 1.41 bits per heavy atom. The highest BCUT2D eigenvalue weighted by Gasteiger charge is 2.37. The van der Waals surface area contributed by atoms with Gasteiger partial charge < -0.3 is 9.84 Å². The standard InChI is InChI=1S/C16H24FN3O2/c1-11-14(12(2)22-19-11)9-20-7-5-16(17,6-8-20)10-18-15(21)13-3-4-13/h13H,3-10H2,1-2H3,(H,18,21). The molecule has 1 amide bonds. The van der Waals surface area contributed by atoms with E-state index in [2.05, 4.69) is 15.4 Å². The minimum Gasteiger partial charge on any atom is -0.361 e. The number of piperidine rings is 1. The molecule has 2 heterocycles. The van der Waals surface area contributed by atoms with E-state index in [0.29, 0.717) is 25.9 Å². The predicted molar refractivity (Wildman–Crippen MR) is 80.1 cm³/mol. The number of alkyl halides is 1. The first-order chi connectivity index (χ1) is 10.5. The molecule has 1 aliphatic carbocycles. The van der Waals surface area contributed by atoms with Crippen LogP contribution in [0.4, 0.5) is 4.39 Å². The maximum absolute atomic E-state index is 14.8. The van der Waals surface area contributed by atoms with Crippen molar-refractivity contribution in [3.8, 4) is 0 Å². The Bertz CT molecular complexity index is 526. The second-order valence-electron chi connectivity index (χ2n) is 6.72. The Labute approximate surface area is 130 Å². The fourth-order valence-electron chi connectivity index (χ4n) is 2.98. The van der Waals surface area contributed by atoms with Gasteiger partial charge in [-0.1, -0.05) is 5.16 Å². The summed E-state index contributed by atoms with van der Waals surface area (Å²) in [6, 6.07) is 0. The molecule has 0 atom stereocenters. The molecule has 22 heavy (non-hydrogen) atoms. The zero-order valence-corrected chi connectivity index (χ0v) is 13.3. The minimum absolute atomic E-state index is 0.0233. The summed E-state index contributed by atoms with van der Waals surface area (Å²) in [4.78, 5) is 13.9. The fraction of sp³-hybridized carbons (Fsp3) is 0.750. The van der Waals surface area contributed by atoms with E-state index < -0.39 is 5.67 Å². The maximum Gasteiger partial charge on any atom is 0.223 e. The van der Waals surface area contributed by atoms with Crippen LogP contribution >= 0.6 is 0 Å². The van der Waals surface area contributed by atoms with Crippen LogP contribution in [0, 0.1) is 19.8 Å². The van der Waals surface area contributed by atoms with Crippen LogP contribution in [0.3, 0.4) is 0 Å². The minimum atomic E-state index is -1.26. The molecule has 1 saturated heterocycles. The van der Waals surface area contributed by atoms with Gasteiger partial charge >= 0.3 is 0 Å². The van der Waals surface area contributed by atoms with Crippen molar-refractivity contribution >= 4 is 5.91 Å².